The number of carbonyl (C=O) groups excluding carboxylic acids is 1. The lowest BCUT2D eigenvalue weighted by atomic mass is 9.87. The van der Waals surface area contributed by atoms with Crippen molar-refractivity contribution < 1.29 is 4.79 Å². The second kappa shape index (κ2) is 4.12. The molecule has 2 aliphatic rings. The SMILES string of the molecule is CCC1(C)CCN(C(=O)[C@@H]2CCNC2)C1. The molecule has 2 atom stereocenters. The number of likely N-dealkylation sites (tertiary alicyclic amines) is 1. The average molecular weight is 210 g/mol. The largest absolute Gasteiger partial charge is 0.342 e. The highest BCUT2D eigenvalue weighted by Gasteiger charge is 2.37. The molecule has 0 aromatic carbocycles. The van der Waals surface area contributed by atoms with Gasteiger partial charge in [0.25, 0.3) is 0 Å². The molecule has 0 bridgehead atoms. The lowest BCUT2D eigenvalue weighted by Gasteiger charge is -2.24. The molecule has 15 heavy (non-hydrogen) atoms. The van der Waals surface area contributed by atoms with Gasteiger partial charge in [0.05, 0.1) is 5.92 Å². The van der Waals surface area contributed by atoms with Crippen molar-refractivity contribution >= 4 is 5.91 Å². The van der Waals surface area contributed by atoms with Crippen molar-refractivity contribution in [3.63, 3.8) is 0 Å². The molecule has 0 aromatic rings. The summed E-state index contributed by atoms with van der Waals surface area (Å²) < 4.78 is 0. The first-order valence-corrected chi connectivity index (χ1v) is 6.14. The van der Waals surface area contributed by atoms with Gasteiger partial charge in [0, 0.05) is 19.6 Å². The highest BCUT2D eigenvalue weighted by atomic mass is 16.2. The standard InChI is InChI=1S/C12H22N2O/c1-3-12(2)5-7-14(9-12)11(15)10-4-6-13-8-10/h10,13H,3-9H2,1-2H3/t10-,12?/m1/s1. The molecule has 1 amide bonds. The van der Waals surface area contributed by atoms with Crippen LogP contribution in [0.5, 0.6) is 0 Å². The average Bonchev–Trinajstić information content (AvgIpc) is 2.86. The number of nitrogens with zero attached hydrogens (tertiary/aromatic N) is 1. The molecule has 0 spiro atoms. The zero-order valence-corrected chi connectivity index (χ0v) is 9.88. The molecule has 0 aliphatic carbocycles. The third kappa shape index (κ3) is 2.17. The van der Waals surface area contributed by atoms with Crippen LogP contribution in [0.2, 0.25) is 0 Å². The predicted molar refractivity (Wildman–Crippen MR) is 60.6 cm³/mol. The molecule has 2 rings (SSSR count). The van der Waals surface area contributed by atoms with E-state index >= 15 is 0 Å². The van der Waals surface area contributed by atoms with Gasteiger partial charge in [0.15, 0.2) is 0 Å². The van der Waals surface area contributed by atoms with E-state index in [1.54, 1.807) is 0 Å². The minimum atomic E-state index is 0.254. The Bertz CT molecular complexity index is 248. The van der Waals surface area contributed by atoms with Gasteiger partial charge in [-0.2, -0.15) is 0 Å². The Morgan fingerprint density at radius 1 is 1.60 bits per heavy atom. The molecule has 0 radical (unpaired) electrons. The number of amides is 1. The normalized spacial score (nSPS) is 36.1. The van der Waals surface area contributed by atoms with E-state index in [-0.39, 0.29) is 5.92 Å². The van der Waals surface area contributed by atoms with Crippen LogP contribution in [0.4, 0.5) is 0 Å². The third-order valence-corrected chi connectivity index (χ3v) is 4.13. The predicted octanol–water partition coefficient (Wildman–Crippen LogP) is 1.24. The smallest absolute Gasteiger partial charge is 0.227 e. The molecule has 2 aliphatic heterocycles. The molecule has 86 valence electrons. The van der Waals surface area contributed by atoms with Crippen LogP contribution >= 0.6 is 0 Å². The molecule has 2 saturated heterocycles. The molecule has 2 heterocycles. The van der Waals surface area contributed by atoms with Crippen molar-refractivity contribution in [2.24, 2.45) is 11.3 Å². The second-order valence-corrected chi connectivity index (χ2v) is 5.36. The summed E-state index contributed by atoms with van der Waals surface area (Å²) >= 11 is 0. The number of hydrogen-bond acceptors (Lipinski definition) is 2. The van der Waals surface area contributed by atoms with E-state index in [2.05, 4.69) is 24.1 Å². The van der Waals surface area contributed by atoms with Crippen molar-refractivity contribution in [3.8, 4) is 0 Å². The highest BCUT2D eigenvalue weighted by molar-refractivity contribution is 5.79. The van der Waals surface area contributed by atoms with E-state index in [0.717, 1.165) is 32.6 Å². The Balaban J connectivity index is 1.92. The third-order valence-electron chi connectivity index (χ3n) is 4.13. The molecule has 3 heteroatoms. The first kappa shape index (κ1) is 10.9. The molecular formula is C12H22N2O. The zero-order chi connectivity index (χ0) is 10.9. The summed E-state index contributed by atoms with van der Waals surface area (Å²) in [6.45, 7) is 8.37. The van der Waals surface area contributed by atoms with Crippen molar-refractivity contribution in [1.29, 1.82) is 0 Å². The maximum atomic E-state index is 12.1. The van der Waals surface area contributed by atoms with Gasteiger partial charge in [0.1, 0.15) is 0 Å². The van der Waals surface area contributed by atoms with Gasteiger partial charge in [-0.15, -0.1) is 0 Å². The van der Waals surface area contributed by atoms with Gasteiger partial charge in [-0.1, -0.05) is 13.8 Å². The lowest BCUT2D eigenvalue weighted by molar-refractivity contribution is -0.134. The topological polar surface area (TPSA) is 32.3 Å². The summed E-state index contributed by atoms with van der Waals surface area (Å²) in [5, 5.41) is 3.26. The fraction of sp³-hybridized carbons (Fsp3) is 0.917. The van der Waals surface area contributed by atoms with E-state index < -0.39 is 0 Å². The van der Waals surface area contributed by atoms with Gasteiger partial charge in [0.2, 0.25) is 5.91 Å². The van der Waals surface area contributed by atoms with Gasteiger partial charge in [-0.25, -0.2) is 0 Å². The zero-order valence-electron chi connectivity index (χ0n) is 9.88. The second-order valence-electron chi connectivity index (χ2n) is 5.36. The summed E-state index contributed by atoms with van der Waals surface area (Å²) in [4.78, 5) is 14.2. The summed E-state index contributed by atoms with van der Waals surface area (Å²) in [6, 6.07) is 0. The first-order chi connectivity index (χ1) is 7.14. The molecule has 1 unspecified atom stereocenters. The van der Waals surface area contributed by atoms with Crippen LogP contribution < -0.4 is 5.32 Å². The number of nitrogens with one attached hydrogen (secondary N) is 1. The molecule has 2 fully saturated rings. The van der Waals surface area contributed by atoms with Crippen molar-refractivity contribution in [3.05, 3.63) is 0 Å². The van der Waals surface area contributed by atoms with Crippen molar-refractivity contribution in [1.82, 2.24) is 10.2 Å². The lowest BCUT2D eigenvalue weighted by Crippen LogP contribution is -2.36. The van der Waals surface area contributed by atoms with Crippen LogP contribution in [0.1, 0.15) is 33.1 Å². The summed E-state index contributed by atoms with van der Waals surface area (Å²) in [7, 11) is 0. The van der Waals surface area contributed by atoms with E-state index in [1.165, 1.54) is 12.8 Å². The monoisotopic (exact) mass is 210 g/mol. The van der Waals surface area contributed by atoms with Gasteiger partial charge in [-0.05, 0) is 31.2 Å². The van der Waals surface area contributed by atoms with Crippen LogP contribution in [-0.4, -0.2) is 37.0 Å². The Morgan fingerprint density at radius 3 is 2.93 bits per heavy atom. The summed E-state index contributed by atoms with van der Waals surface area (Å²) in [6.07, 6.45) is 3.38. The molecule has 0 aromatic heterocycles. The fourth-order valence-electron chi connectivity index (χ4n) is 2.62. The fourth-order valence-corrected chi connectivity index (χ4v) is 2.62. The van der Waals surface area contributed by atoms with E-state index in [9.17, 15) is 4.79 Å². The Labute approximate surface area is 92.2 Å². The van der Waals surface area contributed by atoms with Crippen LogP contribution in [0, 0.1) is 11.3 Å². The van der Waals surface area contributed by atoms with Gasteiger partial charge < -0.3 is 10.2 Å². The van der Waals surface area contributed by atoms with Gasteiger partial charge >= 0.3 is 0 Å². The van der Waals surface area contributed by atoms with Crippen LogP contribution in [-0.2, 0) is 4.79 Å². The molecule has 1 N–H and O–H groups in total. The minimum Gasteiger partial charge on any atom is -0.342 e. The van der Waals surface area contributed by atoms with Crippen molar-refractivity contribution in [2.75, 3.05) is 26.2 Å². The molecular weight excluding hydrogens is 188 g/mol. The van der Waals surface area contributed by atoms with Crippen LogP contribution in [0.25, 0.3) is 0 Å². The Hall–Kier alpha value is -0.570. The van der Waals surface area contributed by atoms with Crippen LogP contribution in [0.3, 0.4) is 0 Å². The highest BCUT2D eigenvalue weighted by Crippen LogP contribution is 2.33. The number of hydrogen-bond donors (Lipinski definition) is 1. The minimum absolute atomic E-state index is 0.254. The van der Waals surface area contributed by atoms with Gasteiger partial charge in [-0.3, -0.25) is 4.79 Å². The molecule has 3 nitrogen and oxygen atoms in total. The first-order valence-electron chi connectivity index (χ1n) is 6.14. The molecule has 0 saturated carbocycles. The Kier molecular flexibility index (Phi) is 3.01. The maximum absolute atomic E-state index is 12.1. The van der Waals surface area contributed by atoms with E-state index in [0.29, 0.717) is 11.3 Å². The Morgan fingerprint density at radius 2 is 2.40 bits per heavy atom. The van der Waals surface area contributed by atoms with E-state index in [1.807, 2.05) is 0 Å². The maximum Gasteiger partial charge on any atom is 0.227 e. The summed E-state index contributed by atoms with van der Waals surface area (Å²) in [5.41, 5.74) is 0.377. The number of rotatable bonds is 2. The van der Waals surface area contributed by atoms with Crippen LogP contribution in [0.15, 0.2) is 0 Å². The van der Waals surface area contributed by atoms with Crippen molar-refractivity contribution in [2.45, 2.75) is 33.1 Å². The summed E-state index contributed by atoms with van der Waals surface area (Å²) in [5.74, 6) is 0.640. The van der Waals surface area contributed by atoms with E-state index in [4.69, 9.17) is 0 Å². The number of carbonyl (C=O) groups is 1. The quantitative estimate of drug-likeness (QED) is 0.744.